The van der Waals surface area contributed by atoms with E-state index in [9.17, 15) is 4.39 Å². The Morgan fingerprint density at radius 1 is 0.870 bits per heavy atom. The summed E-state index contributed by atoms with van der Waals surface area (Å²) in [5.74, 6) is -0.286. The summed E-state index contributed by atoms with van der Waals surface area (Å²) < 4.78 is 12.9. The van der Waals surface area contributed by atoms with E-state index in [-0.39, 0.29) is 5.82 Å². The summed E-state index contributed by atoms with van der Waals surface area (Å²) in [4.78, 5) is 0. The fraction of sp³-hybridized carbons (Fsp3) is 0.300. The van der Waals surface area contributed by atoms with E-state index >= 15 is 0 Å². The van der Waals surface area contributed by atoms with Gasteiger partial charge in [0, 0.05) is 0 Å². The summed E-state index contributed by atoms with van der Waals surface area (Å²) in [6, 6.07) is 16.2. The zero-order chi connectivity index (χ0) is 17.7. The van der Waals surface area contributed by atoms with Crippen LogP contribution in [0.2, 0.25) is 0 Å². The van der Waals surface area contributed by atoms with Crippen LogP contribution in [-0.4, -0.2) is 0 Å². The van der Waals surface area contributed by atoms with Gasteiger partial charge in [0.1, 0.15) is 5.82 Å². The van der Waals surface area contributed by atoms with Gasteiger partial charge in [-0.05, 0) is 42.2 Å². The van der Waals surface area contributed by atoms with E-state index < -0.39 is 0 Å². The van der Waals surface area contributed by atoms with E-state index in [1.165, 1.54) is 6.07 Å². The molecule has 0 spiro atoms. The van der Waals surface area contributed by atoms with Crippen LogP contribution in [-0.2, 0) is 12.8 Å². The van der Waals surface area contributed by atoms with Crippen molar-refractivity contribution in [3.63, 3.8) is 0 Å². The highest BCUT2D eigenvalue weighted by Gasteiger charge is 1.99. The second-order valence-corrected chi connectivity index (χ2v) is 4.39. The van der Waals surface area contributed by atoms with Crippen LogP contribution in [0.3, 0.4) is 0 Å². The van der Waals surface area contributed by atoms with Gasteiger partial charge in [-0.25, -0.2) is 4.39 Å². The Bertz CT molecular complexity index is 679. The van der Waals surface area contributed by atoms with Crippen molar-refractivity contribution in [2.45, 2.75) is 40.5 Å². The first kappa shape index (κ1) is 20.3. The maximum Gasteiger partial charge on any atom is 0.127 e. The van der Waals surface area contributed by atoms with Crippen LogP contribution in [0.25, 0.3) is 0 Å². The van der Waals surface area contributed by atoms with E-state index in [0.717, 1.165) is 17.5 Å². The van der Waals surface area contributed by atoms with Crippen molar-refractivity contribution < 1.29 is 4.39 Å². The van der Waals surface area contributed by atoms with Crippen LogP contribution in [0.4, 0.5) is 4.39 Å². The lowest BCUT2D eigenvalue weighted by Gasteiger charge is -1.97. The lowest BCUT2D eigenvalue weighted by atomic mass is 10.1. The van der Waals surface area contributed by atoms with Crippen molar-refractivity contribution in [3.8, 4) is 12.1 Å². The molecule has 0 radical (unpaired) electrons. The van der Waals surface area contributed by atoms with Gasteiger partial charge in [0.15, 0.2) is 0 Å². The van der Waals surface area contributed by atoms with E-state index in [0.29, 0.717) is 17.5 Å². The number of benzene rings is 2. The van der Waals surface area contributed by atoms with E-state index in [4.69, 9.17) is 10.5 Å². The molecule has 0 N–H and O–H groups in total. The molecule has 0 aliphatic heterocycles. The maximum atomic E-state index is 12.9. The van der Waals surface area contributed by atoms with Crippen LogP contribution in [0.5, 0.6) is 0 Å². The first-order chi connectivity index (χ1) is 11.2. The molecule has 2 aromatic rings. The van der Waals surface area contributed by atoms with Gasteiger partial charge in [-0.15, -0.1) is 0 Å². The van der Waals surface area contributed by atoms with E-state index in [1.807, 2.05) is 51.1 Å². The molecule has 0 bridgehead atoms. The smallest absolute Gasteiger partial charge is 0.127 e. The molecule has 0 heterocycles. The third-order valence-electron chi connectivity index (χ3n) is 3.08. The Labute approximate surface area is 138 Å². The SMILES string of the molecule is CC.CCc1ccc(C#N)cc1F.CCc1ccccc1C#N. The predicted molar refractivity (Wildman–Crippen MR) is 92.4 cm³/mol. The number of nitriles is 2. The van der Waals surface area contributed by atoms with Gasteiger partial charge >= 0.3 is 0 Å². The number of hydrogen-bond acceptors (Lipinski definition) is 2. The normalized spacial score (nSPS) is 8.48. The standard InChI is InChI=1S/C9H8FN.C9H9N.C2H6/c1-2-8-4-3-7(6-11)5-9(8)10;1-2-8-5-3-4-6-9(8)7-10;1-2/h3-5H,2H2,1H3;3-6H,2H2,1H3;1-2H3. The van der Waals surface area contributed by atoms with Gasteiger partial charge in [0.25, 0.3) is 0 Å². The Morgan fingerprint density at radius 2 is 1.48 bits per heavy atom. The molecule has 120 valence electrons. The molecular weight excluding hydrogens is 287 g/mol. The zero-order valence-electron chi connectivity index (χ0n) is 14.2. The Morgan fingerprint density at radius 3 is 1.91 bits per heavy atom. The minimum absolute atomic E-state index is 0.286. The molecule has 0 atom stereocenters. The number of nitrogens with zero attached hydrogens (tertiary/aromatic N) is 2. The summed E-state index contributed by atoms with van der Waals surface area (Å²) in [5.41, 5.74) is 2.96. The van der Waals surface area contributed by atoms with Gasteiger partial charge in [-0.1, -0.05) is 52.0 Å². The lowest BCUT2D eigenvalue weighted by Crippen LogP contribution is -1.87. The second kappa shape index (κ2) is 12.0. The van der Waals surface area contributed by atoms with Crippen LogP contribution in [0, 0.1) is 28.5 Å². The molecule has 23 heavy (non-hydrogen) atoms. The largest absolute Gasteiger partial charge is 0.207 e. The molecule has 0 aliphatic rings. The Hall–Kier alpha value is -2.65. The molecule has 0 saturated heterocycles. The van der Waals surface area contributed by atoms with Gasteiger partial charge in [-0.3, -0.25) is 0 Å². The molecule has 0 saturated carbocycles. The van der Waals surface area contributed by atoms with Crippen molar-refractivity contribution in [1.82, 2.24) is 0 Å². The van der Waals surface area contributed by atoms with Crippen molar-refractivity contribution in [2.75, 3.05) is 0 Å². The second-order valence-electron chi connectivity index (χ2n) is 4.39. The molecule has 2 aromatic carbocycles. The molecule has 2 nitrogen and oxygen atoms in total. The first-order valence-electron chi connectivity index (χ1n) is 7.82. The van der Waals surface area contributed by atoms with Crippen LogP contribution < -0.4 is 0 Å². The topological polar surface area (TPSA) is 47.6 Å². The minimum atomic E-state index is -0.286. The molecule has 0 aromatic heterocycles. The third-order valence-corrected chi connectivity index (χ3v) is 3.08. The molecule has 0 amide bonds. The highest BCUT2D eigenvalue weighted by molar-refractivity contribution is 5.37. The fourth-order valence-corrected chi connectivity index (χ4v) is 1.84. The highest BCUT2D eigenvalue weighted by Crippen LogP contribution is 2.09. The molecular formula is C20H23FN2. The zero-order valence-corrected chi connectivity index (χ0v) is 14.2. The number of rotatable bonds is 2. The number of halogens is 1. The molecule has 0 fully saturated rings. The van der Waals surface area contributed by atoms with Crippen LogP contribution in [0.15, 0.2) is 42.5 Å². The monoisotopic (exact) mass is 310 g/mol. The van der Waals surface area contributed by atoms with Gasteiger partial charge in [-0.2, -0.15) is 10.5 Å². The van der Waals surface area contributed by atoms with Crippen molar-refractivity contribution in [3.05, 3.63) is 70.5 Å². The first-order valence-corrected chi connectivity index (χ1v) is 7.82. The van der Waals surface area contributed by atoms with Gasteiger partial charge in [0.05, 0.1) is 23.3 Å². The van der Waals surface area contributed by atoms with Crippen LogP contribution >= 0.6 is 0 Å². The average Bonchev–Trinajstić information content (AvgIpc) is 2.63. The van der Waals surface area contributed by atoms with Crippen molar-refractivity contribution >= 4 is 0 Å². The third kappa shape index (κ3) is 6.76. The molecule has 0 aliphatic carbocycles. The molecule has 0 unspecified atom stereocenters. The van der Waals surface area contributed by atoms with Crippen LogP contribution in [0.1, 0.15) is 49.9 Å². The highest BCUT2D eigenvalue weighted by atomic mass is 19.1. The summed E-state index contributed by atoms with van der Waals surface area (Å²) in [7, 11) is 0. The fourth-order valence-electron chi connectivity index (χ4n) is 1.84. The van der Waals surface area contributed by atoms with Crippen molar-refractivity contribution in [2.24, 2.45) is 0 Å². The lowest BCUT2D eigenvalue weighted by molar-refractivity contribution is 0.612. The number of aryl methyl sites for hydroxylation is 2. The maximum absolute atomic E-state index is 12.9. The summed E-state index contributed by atoms with van der Waals surface area (Å²) in [5, 5.41) is 17.0. The molecule has 2 rings (SSSR count). The molecule has 3 heteroatoms. The van der Waals surface area contributed by atoms with E-state index in [2.05, 4.69) is 13.0 Å². The summed E-state index contributed by atoms with van der Waals surface area (Å²) in [6.45, 7) is 7.93. The quantitative estimate of drug-likeness (QED) is 0.745. The van der Waals surface area contributed by atoms with E-state index in [1.54, 1.807) is 12.1 Å². The average molecular weight is 310 g/mol. The van der Waals surface area contributed by atoms with Gasteiger partial charge < -0.3 is 0 Å². The Balaban J connectivity index is 0.000000381. The summed E-state index contributed by atoms with van der Waals surface area (Å²) in [6.07, 6.45) is 1.60. The summed E-state index contributed by atoms with van der Waals surface area (Å²) >= 11 is 0. The Kier molecular flexibility index (Phi) is 10.6. The number of hydrogen-bond donors (Lipinski definition) is 0. The minimum Gasteiger partial charge on any atom is -0.207 e. The van der Waals surface area contributed by atoms with Crippen molar-refractivity contribution in [1.29, 1.82) is 10.5 Å². The predicted octanol–water partition coefficient (Wildman–Crippen LogP) is 5.41. The van der Waals surface area contributed by atoms with Gasteiger partial charge in [0.2, 0.25) is 0 Å².